The third-order valence-corrected chi connectivity index (χ3v) is 4.20. The molecule has 1 aromatic rings. The molecule has 0 aromatic carbocycles. The molecule has 102 valence electrons. The van der Waals surface area contributed by atoms with Crippen molar-refractivity contribution < 1.29 is 17.9 Å². The van der Waals surface area contributed by atoms with Gasteiger partial charge in [0.25, 0.3) is 0 Å². The molecular weight excluding hydrogens is 256 g/mol. The standard InChI is InChI=1S/C11H18N2O4S/c1-3-5-18(15,16)6-4-17-11(14)10-7-9(12)8-13(10)2/h7-8H,3-6,12H2,1-2H3. The summed E-state index contributed by atoms with van der Waals surface area (Å²) in [4.78, 5) is 11.6. The van der Waals surface area contributed by atoms with E-state index in [2.05, 4.69) is 0 Å². The molecule has 7 heteroatoms. The Hall–Kier alpha value is -1.50. The lowest BCUT2D eigenvalue weighted by Crippen LogP contribution is -2.18. The molecule has 18 heavy (non-hydrogen) atoms. The minimum Gasteiger partial charge on any atom is -0.460 e. The topological polar surface area (TPSA) is 91.4 Å². The van der Waals surface area contributed by atoms with Crippen molar-refractivity contribution in [2.24, 2.45) is 7.05 Å². The molecule has 0 saturated heterocycles. The maximum Gasteiger partial charge on any atom is 0.355 e. The van der Waals surface area contributed by atoms with E-state index in [1.165, 1.54) is 10.6 Å². The van der Waals surface area contributed by atoms with Crippen LogP contribution < -0.4 is 5.73 Å². The zero-order valence-electron chi connectivity index (χ0n) is 10.5. The van der Waals surface area contributed by atoms with Gasteiger partial charge >= 0.3 is 5.97 Å². The molecule has 1 rings (SSSR count). The normalized spacial score (nSPS) is 11.4. The third kappa shape index (κ3) is 4.06. The average Bonchev–Trinajstić information content (AvgIpc) is 2.57. The molecule has 0 aliphatic rings. The number of anilines is 1. The highest BCUT2D eigenvalue weighted by Gasteiger charge is 2.15. The van der Waals surface area contributed by atoms with Crippen LogP contribution in [0, 0.1) is 0 Å². The van der Waals surface area contributed by atoms with Crippen molar-refractivity contribution in [3.05, 3.63) is 18.0 Å². The fourth-order valence-electron chi connectivity index (χ4n) is 1.54. The van der Waals surface area contributed by atoms with Crippen molar-refractivity contribution in [1.29, 1.82) is 0 Å². The molecule has 0 saturated carbocycles. The lowest BCUT2D eigenvalue weighted by molar-refractivity contribution is 0.0518. The number of nitrogen functional groups attached to an aromatic ring is 1. The van der Waals surface area contributed by atoms with Gasteiger partial charge in [-0.05, 0) is 12.5 Å². The van der Waals surface area contributed by atoms with E-state index < -0.39 is 15.8 Å². The molecule has 0 unspecified atom stereocenters. The smallest absolute Gasteiger partial charge is 0.355 e. The van der Waals surface area contributed by atoms with E-state index in [9.17, 15) is 13.2 Å². The summed E-state index contributed by atoms with van der Waals surface area (Å²) in [5, 5.41) is 0. The summed E-state index contributed by atoms with van der Waals surface area (Å²) in [5.41, 5.74) is 6.30. The molecule has 0 aliphatic heterocycles. The Kier molecular flexibility index (Phi) is 4.77. The minimum absolute atomic E-state index is 0.113. The van der Waals surface area contributed by atoms with Gasteiger partial charge in [-0.3, -0.25) is 0 Å². The Morgan fingerprint density at radius 3 is 2.61 bits per heavy atom. The first kappa shape index (κ1) is 14.6. The molecule has 0 radical (unpaired) electrons. The predicted molar refractivity (Wildman–Crippen MR) is 69.1 cm³/mol. The van der Waals surface area contributed by atoms with Crippen LogP contribution in [0.1, 0.15) is 23.8 Å². The van der Waals surface area contributed by atoms with E-state index in [1.54, 1.807) is 20.2 Å². The number of nitrogens with zero attached hydrogens (tertiary/aromatic N) is 1. The van der Waals surface area contributed by atoms with Gasteiger partial charge < -0.3 is 15.0 Å². The zero-order valence-corrected chi connectivity index (χ0v) is 11.4. The summed E-state index contributed by atoms with van der Waals surface area (Å²) in [7, 11) is -1.46. The molecule has 1 aromatic heterocycles. The Labute approximate surface area is 107 Å². The highest BCUT2D eigenvalue weighted by Crippen LogP contribution is 2.10. The summed E-state index contributed by atoms with van der Waals surface area (Å²) < 4.78 is 29.3. The summed E-state index contributed by atoms with van der Waals surface area (Å²) in [5.74, 6) is -0.602. The molecule has 0 atom stereocenters. The summed E-state index contributed by atoms with van der Waals surface area (Å²) >= 11 is 0. The minimum atomic E-state index is -3.12. The van der Waals surface area contributed by atoms with Crippen LogP contribution in [-0.4, -0.2) is 37.1 Å². The number of sulfone groups is 1. The summed E-state index contributed by atoms with van der Waals surface area (Å²) in [6, 6.07) is 1.49. The second kappa shape index (κ2) is 5.90. The lowest BCUT2D eigenvalue weighted by Gasteiger charge is -2.05. The number of hydrogen-bond acceptors (Lipinski definition) is 5. The number of esters is 1. The average molecular weight is 274 g/mol. The van der Waals surface area contributed by atoms with E-state index in [-0.39, 0.29) is 18.1 Å². The van der Waals surface area contributed by atoms with Crippen LogP contribution in [0.3, 0.4) is 0 Å². The maximum atomic E-state index is 11.6. The van der Waals surface area contributed by atoms with Gasteiger partial charge in [0.1, 0.15) is 12.3 Å². The van der Waals surface area contributed by atoms with Crippen LogP contribution in [0.15, 0.2) is 12.3 Å². The molecule has 0 fully saturated rings. The van der Waals surface area contributed by atoms with Crippen molar-refractivity contribution >= 4 is 21.5 Å². The Balaban J connectivity index is 2.50. The highest BCUT2D eigenvalue weighted by atomic mass is 32.2. The first-order valence-electron chi connectivity index (χ1n) is 5.65. The Morgan fingerprint density at radius 2 is 2.11 bits per heavy atom. The molecule has 2 N–H and O–H groups in total. The van der Waals surface area contributed by atoms with E-state index >= 15 is 0 Å². The first-order valence-corrected chi connectivity index (χ1v) is 7.47. The Bertz CT molecular complexity index is 519. The van der Waals surface area contributed by atoms with Gasteiger partial charge in [0.15, 0.2) is 9.84 Å². The van der Waals surface area contributed by atoms with Gasteiger partial charge in [-0.25, -0.2) is 13.2 Å². The highest BCUT2D eigenvalue weighted by molar-refractivity contribution is 7.91. The largest absolute Gasteiger partial charge is 0.460 e. The molecule has 6 nitrogen and oxygen atoms in total. The van der Waals surface area contributed by atoms with E-state index in [0.29, 0.717) is 17.8 Å². The van der Waals surface area contributed by atoms with E-state index in [0.717, 1.165) is 0 Å². The van der Waals surface area contributed by atoms with Crippen LogP contribution in [-0.2, 0) is 21.6 Å². The number of aromatic nitrogens is 1. The summed E-state index contributed by atoms with van der Waals surface area (Å²) in [6.45, 7) is 1.66. The molecule has 0 aliphatic carbocycles. The van der Waals surface area contributed by atoms with Crippen LogP contribution in [0.5, 0.6) is 0 Å². The van der Waals surface area contributed by atoms with Gasteiger partial charge in [0, 0.05) is 13.2 Å². The fourth-order valence-corrected chi connectivity index (χ4v) is 2.70. The van der Waals surface area contributed by atoms with E-state index in [1.807, 2.05) is 0 Å². The molecule has 0 bridgehead atoms. The van der Waals surface area contributed by atoms with Crippen molar-refractivity contribution in [2.75, 3.05) is 23.8 Å². The van der Waals surface area contributed by atoms with E-state index in [4.69, 9.17) is 10.5 Å². The van der Waals surface area contributed by atoms with Gasteiger partial charge in [0.05, 0.1) is 17.2 Å². The Morgan fingerprint density at radius 1 is 1.44 bits per heavy atom. The van der Waals surface area contributed by atoms with Crippen LogP contribution in [0.25, 0.3) is 0 Å². The molecule has 1 heterocycles. The number of hydrogen-bond donors (Lipinski definition) is 1. The van der Waals surface area contributed by atoms with Crippen molar-refractivity contribution in [2.45, 2.75) is 13.3 Å². The number of aryl methyl sites for hydroxylation is 1. The zero-order chi connectivity index (χ0) is 13.8. The lowest BCUT2D eigenvalue weighted by atomic mass is 10.4. The van der Waals surface area contributed by atoms with Gasteiger partial charge in [-0.2, -0.15) is 0 Å². The number of carbonyl (C=O) groups is 1. The number of carbonyl (C=O) groups excluding carboxylic acids is 1. The third-order valence-electron chi connectivity index (χ3n) is 2.38. The molecule has 0 spiro atoms. The predicted octanol–water partition coefficient (Wildman–Crippen LogP) is 0.589. The first-order chi connectivity index (χ1) is 8.35. The van der Waals surface area contributed by atoms with Gasteiger partial charge in [-0.1, -0.05) is 6.92 Å². The number of rotatable bonds is 6. The molecule has 0 amide bonds. The SMILES string of the molecule is CCCS(=O)(=O)CCOC(=O)c1cc(N)cn1C. The second-order valence-electron chi connectivity index (χ2n) is 4.06. The summed E-state index contributed by atoms with van der Waals surface area (Å²) in [6.07, 6.45) is 2.15. The monoisotopic (exact) mass is 274 g/mol. The second-order valence-corrected chi connectivity index (χ2v) is 6.36. The van der Waals surface area contributed by atoms with Crippen molar-refractivity contribution in [1.82, 2.24) is 4.57 Å². The van der Waals surface area contributed by atoms with Gasteiger partial charge in [0.2, 0.25) is 0 Å². The van der Waals surface area contributed by atoms with Crippen LogP contribution in [0.4, 0.5) is 5.69 Å². The number of ether oxygens (including phenoxy) is 1. The fraction of sp³-hybridized carbons (Fsp3) is 0.545. The maximum absolute atomic E-state index is 11.6. The van der Waals surface area contributed by atoms with Crippen molar-refractivity contribution in [3.63, 3.8) is 0 Å². The van der Waals surface area contributed by atoms with Crippen LogP contribution in [0.2, 0.25) is 0 Å². The van der Waals surface area contributed by atoms with Gasteiger partial charge in [-0.15, -0.1) is 0 Å². The van der Waals surface area contributed by atoms with Crippen LogP contribution >= 0.6 is 0 Å². The van der Waals surface area contributed by atoms with Crippen molar-refractivity contribution in [3.8, 4) is 0 Å². The quantitative estimate of drug-likeness (QED) is 0.766. The molecular formula is C11H18N2O4S. The number of nitrogens with two attached hydrogens (primary N) is 1.